The molecule has 1 aromatic heterocycles. The third-order valence-electron chi connectivity index (χ3n) is 5.28. The summed E-state index contributed by atoms with van der Waals surface area (Å²) in [6.07, 6.45) is 0.266. The van der Waals surface area contributed by atoms with Gasteiger partial charge in [0, 0.05) is 22.6 Å². The molecule has 0 unspecified atom stereocenters. The molecule has 8 heteroatoms. The first-order valence-corrected chi connectivity index (χ1v) is 12.7. The van der Waals surface area contributed by atoms with Gasteiger partial charge in [-0.3, -0.25) is 4.79 Å². The molecule has 1 atom stereocenters. The standard InChI is InChI=1S/C24H25NO5S2/c1-15(2)13-30-18-6-4-16(5-7-18)20-12-22(26)25-23-21(14-31-24(20)23)32(27,28)19-10-8-17(29-3)9-11-19/h4-11,14-15,20H,12-13H2,1-3H3,(H,25,26)/t20-/m1/s1. The molecule has 1 amide bonds. The molecule has 0 saturated carbocycles. The van der Waals surface area contributed by atoms with E-state index in [0.29, 0.717) is 24.0 Å². The van der Waals surface area contributed by atoms with Crippen LogP contribution in [0.1, 0.15) is 36.6 Å². The summed E-state index contributed by atoms with van der Waals surface area (Å²) in [4.78, 5) is 13.6. The topological polar surface area (TPSA) is 81.7 Å². The second-order valence-electron chi connectivity index (χ2n) is 8.10. The number of methoxy groups -OCH3 is 1. The molecule has 4 rings (SSSR count). The van der Waals surface area contributed by atoms with E-state index in [-0.39, 0.29) is 28.0 Å². The van der Waals surface area contributed by atoms with Crippen molar-refractivity contribution in [2.75, 3.05) is 19.0 Å². The van der Waals surface area contributed by atoms with Crippen LogP contribution in [0.4, 0.5) is 5.69 Å². The average molecular weight is 472 g/mol. The van der Waals surface area contributed by atoms with Gasteiger partial charge in [0.25, 0.3) is 0 Å². The zero-order valence-corrected chi connectivity index (χ0v) is 19.8. The summed E-state index contributed by atoms with van der Waals surface area (Å²) in [7, 11) is -2.27. The highest BCUT2D eigenvalue weighted by atomic mass is 32.2. The predicted octanol–water partition coefficient (Wildman–Crippen LogP) is 5.10. The highest BCUT2D eigenvalue weighted by molar-refractivity contribution is 7.91. The number of carbonyl (C=O) groups excluding carboxylic acids is 1. The van der Waals surface area contributed by atoms with Gasteiger partial charge in [-0.15, -0.1) is 11.3 Å². The molecular weight excluding hydrogens is 446 g/mol. The maximum atomic E-state index is 13.3. The SMILES string of the molecule is COc1ccc(S(=O)(=O)c2csc3c2NC(=O)C[C@@H]3c2ccc(OCC(C)C)cc2)cc1. The monoisotopic (exact) mass is 471 g/mol. The van der Waals surface area contributed by atoms with E-state index in [4.69, 9.17) is 9.47 Å². The Kier molecular flexibility index (Phi) is 6.26. The van der Waals surface area contributed by atoms with E-state index in [2.05, 4.69) is 19.2 Å². The fourth-order valence-electron chi connectivity index (χ4n) is 3.61. The second kappa shape index (κ2) is 8.96. The summed E-state index contributed by atoms with van der Waals surface area (Å²) in [6.45, 7) is 4.81. The molecule has 2 aromatic carbocycles. The number of benzene rings is 2. The van der Waals surface area contributed by atoms with Crippen molar-refractivity contribution in [3.63, 3.8) is 0 Å². The third-order valence-corrected chi connectivity index (χ3v) is 8.32. The Labute approximate surface area is 192 Å². The van der Waals surface area contributed by atoms with Crippen molar-refractivity contribution in [3.8, 4) is 11.5 Å². The summed E-state index contributed by atoms with van der Waals surface area (Å²) in [5, 5.41) is 4.41. The van der Waals surface area contributed by atoms with Gasteiger partial charge in [0.1, 0.15) is 16.4 Å². The maximum Gasteiger partial charge on any atom is 0.225 e. The molecule has 3 aromatic rings. The molecule has 1 aliphatic rings. The van der Waals surface area contributed by atoms with Crippen molar-refractivity contribution >= 4 is 32.8 Å². The molecule has 2 heterocycles. The molecule has 1 N–H and O–H groups in total. The Hall–Kier alpha value is -2.84. The number of anilines is 1. The van der Waals surface area contributed by atoms with Gasteiger partial charge in [-0.05, 0) is 47.9 Å². The number of hydrogen-bond acceptors (Lipinski definition) is 6. The molecule has 0 aliphatic carbocycles. The Balaban J connectivity index is 1.67. The van der Waals surface area contributed by atoms with Crippen molar-refractivity contribution in [1.29, 1.82) is 0 Å². The van der Waals surface area contributed by atoms with Gasteiger partial charge in [0.2, 0.25) is 15.7 Å². The molecule has 0 fully saturated rings. The van der Waals surface area contributed by atoms with Gasteiger partial charge in [0.15, 0.2) is 0 Å². The maximum absolute atomic E-state index is 13.3. The first-order valence-electron chi connectivity index (χ1n) is 10.3. The third kappa shape index (κ3) is 4.38. The van der Waals surface area contributed by atoms with Crippen LogP contribution in [0.15, 0.2) is 63.7 Å². The normalized spacial score (nSPS) is 15.9. The van der Waals surface area contributed by atoms with Crippen molar-refractivity contribution in [1.82, 2.24) is 0 Å². The fraction of sp³-hybridized carbons (Fsp3) is 0.292. The lowest BCUT2D eigenvalue weighted by Crippen LogP contribution is -2.23. The number of rotatable bonds is 7. The minimum atomic E-state index is -3.79. The van der Waals surface area contributed by atoms with Crippen molar-refractivity contribution in [3.05, 3.63) is 64.4 Å². The second-order valence-corrected chi connectivity index (χ2v) is 10.9. The number of nitrogens with one attached hydrogen (secondary N) is 1. The van der Waals surface area contributed by atoms with Crippen LogP contribution in [0.2, 0.25) is 0 Å². The first-order chi connectivity index (χ1) is 15.3. The minimum absolute atomic E-state index is 0.123. The smallest absolute Gasteiger partial charge is 0.225 e. The van der Waals surface area contributed by atoms with Crippen molar-refractivity contribution in [2.45, 2.75) is 36.0 Å². The van der Waals surface area contributed by atoms with Crippen molar-refractivity contribution in [2.24, 2.45) is 5.92 Å². The van der Waals surface area contributed by atoms with E-state index in [1.165, 1.54) is 30.6 Å². The minimum Gasteiger partial charge on any atom is -0.497 e. The van der Waals surface area contributed by atoms with Crippen LogP contribution < -0.4 is 14.8 Å². The van der Waals surface area contributed by atoms with Crippen LogP contribution in [0.25, 0.3) is 0 Å². The van der Waals surface area contributed by atoms with Crippen LogP contribution in [0.3, 0.4) is 0 Å². The first kappa shape index (κ1) is 22.4. The lowest BCUT2D eigenvalue weighted by Gasteiger charge is -2.24. The fourth-order valence-corrected chi connectivity index (χ4v) is 6.52. The number of hydrogen-bond donors (Lipinski definition) is 1. The number of sulfone groups is 1. The molecule has 32 heavy (non-hydrogen) atoms. The van der Waals surface area contributed by atoms with E-state index in [9.17, 15) is 13.2 Å². The lowest BCUT2D eigenvalue weighted by atomic mass is 9.90. The summed E-state index contributed by atoms with van der Waals surface area (Å²) >= 11 is 1.35. The van der Waals surface area contributed by atoms with Gasteiger partial charge in [-0.25, -0.2) is 8.42 Å². The largest absolute Gasteiger partial charge is 0.497 e. The summed E-state index contributed by atoms with van der Waals surface area (Å²) in [5.41, 5.74) is 1.33. The highest BCUT2D eigenvalue weighted by Crippen LogP contribution is 2.46. The summed E-state index contributed by atoms with van der Waals surface area (Å²) in [6, 6.07) is 13.9. The van der Waals surface area contributed by atoms with Crippen LogP contribution >= 0.6 is 11.3 Å². The van der Waals surface area contributed by atoms with Crippen LogP contribution in [0, 0.1) is 5.92 Å². The van der Waals surface area contributed by atoms with Gasteiger partial charge in [-0.1, -0.05) is 26.0 Å². The Morgan fingerprint density at radius 3 is 2.34 bits per heavy atom. The number of thiophene rings is 1. The van der Waals surface area contributed by atoms with Crippen LogP contribution in [-0.2, 0) is 14.6 Å². The van der Waals surface area contributed by atoms with E-state index in [1.807, 2.05) is 24.3 Å². The molecule has 0 saturated heterocycles. The van der Waals surface area contributed by atoms with Gasteiger partial charge >= 0.3 is 0 Å². The molecular formula is C24H25NO5S2. The molecule has 0 radical (unpaired) electrons. The number of carbonyl (C=O) groups is 1. The Bertz CT molecular complexity index is 1210. The van der Waals surface area contributed by atoms with E-state index >= 15 is 0 Å². The number of fused-ring (bicyclic) bond motifs is 1. The molecule has 168 valence electrons. The predicted molar refractivity (Wildman–Crippen MR) is 125 cm³/mol. The summed E-state index contributed by atoms with van der Waals surface area (Å²) < 4.78 is 37.4. The van der Waals surface area contributed by atoms with Gasteiger partial charge < -0.3 is 14.8 Å². The Morgan fingerprint density at radius 1 is 1.06 bits per heavy atom. The van der Waals surface area contributed by atoms with Crippen LogP contribution in [-0.4, -0.2) is 28.0 Å². The van der Waals surface area contributed by atoms with Crippen LogP contribution in [0.5, 0.6) is 11.5 Å². The van der Waals surface area contributed by atoms with E-state index < -0.39 is 9.84 Å². The molecule has 0 spiro atoms. The zero-order valence-electron chi connectivity index (χ0n) is 18.1. The number of ether oxygens (including phenoxy) is 2. The lowest BCUT2D eigenvalue weighted by molar-refractivity contribution is -0.116. The van der Waals surface area contributed by atoms with Gasteiger partial charge in [0.05, 0.1) is 24.3 Å². The zero-order chi connectivity index (χ0) is 22.9. The molecule has 6 nitrogen and oxygen atoms in total. The summed E-state index contributed by atoms with van der Waals surface area (Å²) in [5.74, 6) is 1.37. The van der Waals surface area contributed by atoms with E-state index in [1.54, 1.807) is 17.5 Å². The Morgan fingerprint density at radius 2 is 1.72 bits per heavy atom. The average Bonchev–Trinajstić information content (AvgIpc) is 3.22. The molecule has 0 bridgehead atoms. The highest BCUT2D eigenvalue weighted by Gasteiger charge is 2.34. The van der Waals surface area contributed by atoms with Gasteiger partial charge in [-0.2, -0.15) is 0 Å². The molecule has 1 aliphatic heterocycles. The van der Waals surface area contributed by atoms with Crippen molar-refractivity contribution < 1.29 is 22.7 Å². The number of amides is 1. The quantitative estimate of drug-likeness (QED) is 0.519. The van der Waals surface area contributed by atoms with E-state index in [0.717, 1.165) is 16.2 Å².